The van der Waals surface area contributed by atoms with Gasteiger partial charge in [-0.2, -0.15) is 0 Å². The lowest BCUT2D eigenvalue weighted by Gasteiger charge is -2.29. The van der Waals surface area contributed by atoms with Crippen molar-refractivity contribution in [2.24, 2.45) is 5.92 Å². The molecule has 0 amide bonds. The summed E-state index contributed by atoms with van der Waals surface area (Å²) in [7, 11) is 0. The van der Waals surface area contributed by atoms with Crippen molar-refractivity contribution in [3.8, 4) is 0 Å². The van der Waals surface area contributed by atoms with Crippen molar-refractivity contribution in [3.63, 3.8) is 0 Å². The molecule has 6 heteroatoms. The van der Waals surface area contributed by atoms with Crippen molar-refractivity contribution in [1.82, 2.24) is 14.7 Å². The average Bonchev–Trinajstić information content (AvgIpc) is 2.90. The van der Waals surface area contributed by atoms with Gasteiger partial charge in [0.1, 0.15) is 0 Å². The van der Waals surface area contributed by atoms with Crippen molar-refractivity contribution in [1.29, 1.82) is 0 Å². The molecule has 2 atom stereocenters. The number of imidazole rings is 1. The Labute approximate surface area is 122 Å². The van der Waals surface area contributed by atoms with Gasteiger partial charge in [0, 0.05) is 24.7 Å². The van der Waals surface area contributed by atoms with Crippen LogP contribution in [0.1, 0.15) is 32.9 Å². The molecule has 0 radical (unpaired) electrons. The van der Waals surface area contributed by atoms with E-state index in [4.69, 9.17) is 11.6 Å². The zero-order valence-corrected chi connectivity index (χ0v) is 13.1. The van der Waals surface area contributed by atoms with Gasteiger partial charge in [0.15, 0.2) is 10.1 Å². The third-order valence-electron chi connectivity index (χ3n) is 3.76. The number of hydrogen-bond acceptors (Lipinski definition) is 4. The zero-order chi connectivity index (χ0) is 14.0. The van der Waals surface area contributed by atoms with E-state index >= 15 is 0 Å². The summed E-state index contributed by atoms with van der Waals surface area (Å²) in [4.78, 5) is 5.18. The van der Waals surface area contributed by atoms with Crippen molar-refractivity contribution >= 4 is 27.9 Å². The van der Waals surface area contributed by atoms with Crippen LogP contribution in [0.25, 0.3) is 4.96 Å². The van der Waals surface area contributed by atoms with Gasteiger partial charge in [0.25, 0.3) is 0 Å². The van der Waals surface area contributed by atoms with Crippen LogP contribution < -0.4 is 5.32 Å². The molecule has 2 rings (SSSR count). The molecule has 0 aliphatic heterocycles. The average molecular weight is 302 g/mol. The van der Waals surface area contributed by atoms with E-state index in [-0.39, 0.29) is 5.92 Å². The predicted molar refractivity (Wildman–Crippen MR) is 79.9 cm³/mol. The van der Waals surface area contributed by atoms with E-state index < -0.39 is 5.60 Å². The summed E-state index contributed by atoms with van der Waals surface area (Å²) in [5.74, 6) is 0.252. The molecule has 0 bridgehead atoms. The number of halogens is 1. The van der Waals surface area contributed by atoms with E-state index in [1.807, 2.05) is 22.9 Å². The molecule has 19 heavy (non-hydrogen) atoms. The largest absolute Gasteiger partial charge is 0.389 e. The number of nitrogens with zero attached hydrogens (tertiary/aromatic N) is 2. The van der Waals surface area contributed by atoms with Crippen molar-refractivity contribution in [2.45, 2.75) is 39.3 Å². The molecular weight excluding hydrogens is 282 g/mol. The van der Waals surface area contributed by atoms with Crippen LogP contribution in [0.15, 0.2) is 11.6 Å². The molecule has 0 spiro atoms. The lowest BCUT2D eigenvalue weighted by molar-refractivity contribution is 0.00528. The third kappa shape index (κ3) is 3.11. The van der Waals surface area contributed by atoms with Gasteiger partial charge in [-0.1, -0.05) is 31.9 Å². The summed E-state index contributed by atoms with van der Waals surface area (Å²) >= 11 is 7.68. The molecule has 2 aromatic rings. The van der Waals surface area contributed by atoms with Crippen LogP contribution >= 0.6 is 22.9 Å². The van der Waals surface area contributed by atoms with Crippen LogP contribution in [0, 0.1) is 5.92 Å². The Kier molecular flexibility index (Phi) is 4.50. The zero-order valence-electron chi connectivity index (χ0n) is 11.5. The number of nitrogens with one attached hydrogen (secondary N) is 1. The Morgan fingerprint density at radius 3 is 3.05 bits per heavy atom. The number of fused-ring (bicyclic) bond motifs is 1. The minimum atomic E-state index is -0.709. The summed E-state index contributed by atoms with van der Waals surface area (Å²) in [6, 6.07) is 0. The van der Waals surface area contributed by atoms with E-state index in [1.54, 1.807) is 11.3 Å². The first-order valence-corrected chi connectivity index (χ1v) is 7.74. The molecule has 0 aliphatic carbocycles. The van der Waals surface area contributed by atoms with E-state index in [0.717, 1.165) is 17.1 Å². The molecule has 0 aliphatic rings. The predicted octanol–water partition coefficient (Wildman–Crippen LogP) is 2.94. The molecule has 2 unspecified atom stereocenters. The van der Waals surface area contributed by atoms with E-state index in [2.05, 4.69) is 24.1 Å². The van der Waals surface area contributed by atoms with Gasteiger partial charge in [-0.3, -0.25) is 4.40 Å². The number of aromatic nitrogens is 2. The highest BCUT2D eigenvalue weighted by atomic mass is 35.5. The van der Waals surface area contributed by atoms with Crippen molar-refractivity contribution in [3.05, 3.63) is 22.4 Å². The Morgan fingerprint density at radius 1 is 1.63 bits per heavy atom. The van der Waals surface area contributed by atoms with Crippen LogP contribution in [0.2, 0.25) is 5.15 Å². The van der Waals surface area contributed by atoms with E-state index in [1.165, 1.54) is 0 Å². The van der Waals surface area contributed by atoms with Crippen LogP contribution in [0.3, 0.4) is 0 Å². The molecular formula is C13H20ClN3OS. The summed E-state index contributed by atoms with van der Waals surface area (Å²) < 4.78 is 1.98. The second-order valence-electron chi connectivity index (χ2n) is 5.17. The molecule has 2 heterocycles. The van der Waals surface area contributed by atoms with Crippen LogP contribution in [0.5, 0.6) is 0 Å². The fourth-order valence-corrected chi connectivity index (χ4v) is 3.03. The Morgan fingerprint density at radius 2 is 2.37 bits per heavy atom. The standard InChI is InChI=1S/C13H20ClN3OS/c1-4-9(2)13(3,18)8-15-7-10-11(14)16-12-17(10)5-6-19-12/h5-6,9,15,18H,4,7-8H2,1-3H3. The minimum Gasteiger partial charge on any atom is -0.389 e. The lowest BCUT2D eigenvalue weighted by atomic mass is 9.89. The van der Waals surface area contributed by atoms with E-state index in [0.29, 0.717) is 18.2 Å². The van der Waals surface area contributed by atoms with Gasteiger partial charge in [0.05, 0.1) is 11.3 Å². The SMILES string of the molecule is CCC(C)C(C)(O)CNCc1c(Cl)nc2sccn12. The normalized spacial score (nSPS) is 16.7. The van der Waals surface area contributed by atoms with E-state index in [9.17, 15) is 5.11 Å². The highest BCUT2D eigenvalue weighted by Crippen LogP contribution is 2.22. The topological polar surface area (TPSA) is 49.6 Å². The molecule has 106 valence electrons. The van der Waals surface area contributed by atoms with Crippen molar-refractivity contribution < 1.29 is 5.11 Å². The first kappa shape index (κ1) is 14.8. The monoisotopic (exact) mass is 301 g/mol. The highest BCUT2D eigenvalue weighted by molar-refractivity contribution is 7.15. The first-order valence-electron chi connectivity index (χ1n) is 6.48. The summed E-state index contributed by atoms with van der Waals surface area (Å²) in [6.07, 6.45) is 2.92. The molecule has 0 aromatic carbocycles. The maximum atomic E-state index is 10.3. The second-order valence-corrected chi connectivity index (χ2v) is 6.41. The quantitative estimate of drug-likeness (QED) is 0.862. The van der Waals surface area contributed by atoms with Crippen molar-refractivity contribution in [2.75, 3.05) is 6.54 Å². The van der Waals surface area contributed by atoms with Gasteiger partial charge in [0.2, 0.25) is 0 Å². The van der Waals surface area contributed by atoms with Gasteiger partial charge in [-0.25, -0.2) is 4.98 Å². The summed E-state index contributed by atoms with van der Waals surface area (Å²) in [5.41, 5.74) is 0.234. The lowest BCUT2D eigenvalue weighted by Crippen LogP contribution is -2.43. The smallest absolute Gasteiger partial charge is 0.195 e. The van der Waals surface area contributed by atoms with Crippen LogP contribution in [-0.4, -0.2) is 26.6 Å². The molecule has 0 saturated heterocycles. The maximum Gasteiger partial charge on any atom is 0.195 e. The number of aliphatic hydroxyl groups is 1. The number of hydrogen-bond donors (Lipinski definition) is 2. The number of rotatable bonds is 6. The molecule has 4 nitrogen and oxygen atoms in total. The summed E-state index contributed by atoms with van der Waals surface area (Å²) in [6.45, 7) is 7.15. The molecule has 2 N–H and O–H groups in total. The molecule has 0 fully saturated rings. The Hall–Kier alpha value is -0.620. The third-order valence-corrected chi connectivity index (χ3v) is 4.82. The number of thiazole rings is 1. The highest BCUT2D eigenvalue weighted by Gasteiger charge is 2.26. The first-order chi connectivity index (χ1) is 8.95. The van der Waals surface area contributed by atoms with Crippen LogP contribution in [0.4, 0.5) is 0 Å². The van der Waals surface area contributed by atoms with Gasteiger partial charge in [-0.05, 0) is 12.8 Å². The minimum absolute atomic E-state index is 0.252. The summed E-state index contributed by atoms with van der Waals surface area (Å²) in [5, 5.41) is 16.1. The van der Waals surface area contributed by atoms with Crippen LogP contribution in [-0.2, 0) is 6.54 Å². The van der Waals surface area contributed by atoms with Gasteiger partial charge in [-0.15, -0.1) is 11.3 Å². The van der Waals surface area contributed by atoms with Gasteiger partial charge < -0.3 is 10.4 Å². The molecule has 2 aromatic heterocycles. The molecule has 0 saturated carbocycles. The Bertz CT molecular complexity index is 549. The fraction of sp³-hybridized carbons (Fsp3) is 0.615. The van der Waals surface area contributed by atoms with Gasteiger partial charge >= 0.3 is 0 Å². The Balaban J connectivity index is 1.99. The fourth-order valence-electron chi connectivity index (χ4n) is 2.01. The maximum absolute atomic E-state index is 10.3. The second kappa shape index (κ2) is 5.79.